The van der Waals surface area contributed by atoms with Crippen LogP contribution in [0.25, 0.3) is 38.9 Å². The summed E-state index contributed by atoms with van der Waals surface area (Å²) in [5.74, 6) is 1.07. The van der Waals surface area contributed by atoms with Gasteiger partial charge >= 0.3 is 0 Å². The summed E-state index contributed by atoms with van der Waals surface area (Å²) in [7, 11) is 2.11. The third-order valence-electron chi connectivity index (χ3n) is 5.90. The van der Waals surface area contributed by atoms with Crippen LogP contribution in [0.2, 0.25) is 0 Å². The van der Waals surface area contributed by atoms with Gasteiger partial charge in [-0.1, -0.05) is 24.3 Å². The van der Waals surface area contributed by atoms with Crippen LogP contribution < -0.4 is 4.57 Å². The minimum atomic E-state index is 0.821. The van der Waals surface area contributed by atoms with Crippen molar-refractivity contribution in [3.05, 3.63) is 83.9 Å². The molecular formula is C24H19N4+. The fourth-order valence-electron chi connectivity index (χ4n) is 4.69. The average Bonchev–Trinajstić information content (AvgIpc) is 3.25. The van der Waals surface area contributed by atoms with E-state index in [2.05, 4.69) is 76.8 Å². The summed E-state index contributed by atoms with van der Waals surface area (Å²) >= 11 is 0. The quantitative estimate of drug-likeness (QED) is 0.409. The Kier molecular flexibility index (Phi) is 3.04. The molecule has 0 spiro atoms. The highest BCUT2D eigenvalue weighted by atomic mass is 15.2. The molecule has 0 radical (unpaired) electrons. The number of nitrogens with zero attached hydrogens (tertiary/aromatic N) is 4. The second kappa shape index (κ2) is 5.49. The molecule has 0 fully saturated rings. The maximum Gasteiger partial charge on any atom is 0.212 e. The number of pyridine rings is 2. The summed E-state index contributed by atoms with van der Waals surface area (Å²) in [4.78, 5) is 9.55. The number of rotatable bonds is 1. The number of hydrogen-bond acceptors (Lipinski definition) is 2. The predicted octanol–water partition coefficient (Wildman–Crippen LogP) is 4.28. The van der Waals surface area contributed by atoms with Crippen LogP contribution in [0.3, 0.4) is 0 Å². The largest absolute Gasteiger partial charge is 0.279 e. The molecular weight excluding hydrogens is 344 g/mol. The predicted molar refractivity (Wildman–Crippen MR) is 111 cm³/mol. The van der Waals surface area contributed by atoms with Crippen LogP contribution in [-0.2, 0) is 13.5 Å². The van der Waals surface area contributed by atoms with Gasteiger partial charge in [0.25, 0.3) is 0 Å². The zero-order chi connectivity index (χ0) is 18.8. The number of hydrogen-bond donors (Lipinski definition) is 0. The Hall–Kier alpha value is -3.53. The topological polar surface area (TPSA) is 34.6 Å². The zero-order valence-electron chi connectivity index (χ0n) is 15.8. The molecule has 134 valence electrons. The van der Waals surface area contributed by atoms with E-state index >= 15 is 0 Å². The lowest BCUT2D eigenvalue weighted by Crippen LogP contribution is -2.30. The Morgan fingerprint density at radius 3 is 2.64 bits per heavy atom. The molecule has 4 heterocycles. The minimum absolute atomic E-state index is 0.821. The minimum Gasteiger partial charge on any atom is -0.279 e. The Balaban J connectivity index is 1.82. The normalized spacial score (nSPS) is 12.5. The van der Waals surface area contributed by atoms with Gasteiger partial charge in [-0.2, -0.15) is 0 Å². The van der Waals surface area contributed by atoms with Crippen LogP contribution >= 0.6 is 0 Å². The molecule has 6 rings (SSSR count). The molecule has 4 heteroatoms. The second-order valence-corrected chi connectivity index (χ2v) is 7.46. The summed E-state index contributed by atoms with van der Waals surface area (Å²) in [5, 5.41) is 2.55. The summed E-state index contributed by atoms with van der Waals surface area (Å²) in [5.41, 5.74) is 8.33. The summed E-state index contributed by atoms with van der Waals surface area (Å²) in [6, 6.07) is 19.1. The van der Waals surface area contributed by atoms with Crippen LogP contribution in [0, 0.1) is 6.92 Å². The molecule has 1 aliphatic heterocycles. The molecule has 1 aliphatic rings. The molecule has 0 saturated heterocycles. The van der Waals surface area contributed by atoms with E-state index < -0.39 is 0 Å². The average molecular weight is 363 g/mol. The first-order chi connectivity index (χ1) is 13.7. The Morgan fingerprint density at radius 1 is 0.964 bits per heavy atom. The van der Waals surface area contributed by atoms with E-state index in [1.54, 1.807) is 0 Å². The molecule has 0 atom stereocenters. The first-order valence-corrected chi connectivity index (χ1v) is 9.56. The SMILES string of the molecule is Cc1c(-c2cccc[n+]2C)c2c(c3ccccc13)-n1c(nc3cccnc31)C2. The Bertz CT molecular complexity index is 1410. The maximum atomic E-state index is 4.90. The summed E-state index contributed by atoms with van der Waals surface area (Å²) in [6.45, 7) is 2.24. The zero-order valence-corrected chi connectivity index (χ0v) is 15.8. The van der Waals surface area contributed by atoms with Gasteiger partial charge < -0.3 is 0 Å². The van der Waals surface area contributed by atoms with Crippen molar-refractivity contribution in [1.82, 2.24) is 14.5 Å². The first-order valence-electron chi connectivity index (χ1n) is 9.56. The van der Waals surface area contributed by atoms with Gasteiger partial charge in [0, 0.05) is 30.1 Å². The van der Waals surface area contributed by atoms with Gasteiger partial charge in [-0.05, 0) is 41.6 Å². The van der Waals surface area contributed by atoms with E-state index in [9.17, 15) is 0 Å². The summed E-state index contributed by atoms with van der Waals surface area (Å²) in [6.07, 6.45) is 4.78. The smallest absolute Gasteiger partial charge is 0.212 e. The summed E-state index contributed by atoms with van der Waals surface area (Å²) < 4.78 is 4.47. The molecule has 0 saturated carbocycles. The van der Waals surface area contributed by atoms with Crippen LogP contribution in [0.4, 0.5) is 0 Å². The fourth-order valence-corrected chi connectivity index (χ4v) is 4.69. The van der Waals surface area contributed by atoms with Gasteiger partial charge in [0.1, 0.15) is 18.4 Å². The number of fused-ring (bicyclic) bond motifs is 7. The van der Waals surface area contributed by atoms with Gasteiger partial charge in [-0.15, -0.1) is 0 Å². The first kappa shape index (κ1) is 15.5. The molecule has 3 aromatic heterocycles. The van der Waals surface area contributed by atoms with Crippen molar-refractivity contribution in [2.75, 3.05) is 0 Å². The van der Waals surface area contributed by atoms with E-state index in [0.29, 0.717) is 0 Å². The molecule has 0 amide bonds. The highest BCUT2D eigenvalue weighted by Crippen LogP contribution is 2.43. The van der Waals surface area contributed by atoms with Crippen LogP contribution in [-0.4, -0.2) is 14.5 Å². The standard InChI is InChI=1S/C24H19N4/c1-15-16-8-3-4-9-17(16)23-18(22(15)20-11-5-6-13-27(20)2)14-21-26-19-10-7-12-25-24(19)28(21)23/h3-13H,14H2,1-2H3/q+1. The van der Waals surface area contributed by atoms with Gasteiger partial charge in [-0.3, -0.25) is 4.57 Å². The van der Waals surface area contributed by atoms with E-state index in [4.69, 9.17) is 4.98 Å². The lowest BCUT2D eigenvalue weighted by Gasteiger charge is -2.16. The third-order valence-corrected chi connectivity index (χ3v) is 5.90. The Labute approximate surface area is 162 Å². The maximum absolute atomic E-state index is 4.90. The van der Waals surface area contributed by atoms with Crippen molar-refractivity contribution in [3.8, 4) is 16.9 Å². The van der Waals surface area contributed by atoms with Crippen molar-refractivity contribution >= 4 is 21.9 Å². The van der Waals surface area contributed by atoms with Crippen molar-refractivity contribution in [2.45, 2.75) is 13.3 Å². The monoisotopic (exact) mass is 363 g/mol. The lowest BCUT2D eigenvalue weighted by atomic mass is 9.90. The van der Waals surface area contributed by atoms with Crippen molar-refractivity contribution < 1.29 is 4.57 Å². The number of imidazole rings is 1. The fraction of sp³-hybridized carbons (Fsp3) is 0.125. The van der Waals surface area contributed by atoms with E-state index in [1.165, 1.54) is 38.8 Å². The second-order valence-electron chi connectivity index (χ2n) is 7.46. The lowest BCUT2D eigenvalue weighted by molar-refractivity contribution is -0.660. The van der Waals surface area contributed by atoms with Gasteiger partial charge in [0.05, 0.1) is 11.3 Å². The van der Waals surface area contributed by atoms with Crippen LogP contribution in [0.15, 0.2) is 67.0 Å². The van der Waals surface area contributed by atoms with E-state index in [-0.39, 0.29) is 0 Å². The molecule has 0 unspecified atom stereocenters. The molecule has 0 aliphatic carbocycles. The van der Waals surface area contributed by atoms with Gasteiger partial charge in [0.15, 0.2) is 11.8 Å². The van der Waals surface area contributed by atoms with Crippen LogP contribution in [0.1, 0.15) is 17.0 Å². The van der Waals surface area contributed by atoms with E-state index in [0.717, 1.165) is 23.4 Å². The number of benzene rings is 2. The van der Waals surface area contributed by atoms with Crippen LogP contribution in [0.5, 0.6) is 0 Å². The van der Waals surface area contributed by atoms with Crippen molar-refractivity contribution in [2.24, 2.45) is 7.05 Å². The van der Waals surface area contributed by atoms with Gasteiger partial charge in [0.2, 0.25) is 5.69 Å². The molecule has 0 N–H and O–H groups in total. The number of aryl methyl sites for hydroxylation is 2. The molecule has 2 aromatic carbocycles. The van der Waals surface area contributed by atoms with Crippen molar-refractivity contribution in [3.63, 3.8) is 0 Å². The molecule has 28 heavy (non-hydrogen) atoms. The molecule has 4 nitrogen and oxygen atoms in total. The Morgan fingerprint density at radius 2 is 1.79 bits per heavy atom. The van der Waals surface area contributed by atoms with E-state index in [1.807, 2.05) is 18.3 Å². The molecule has 0 bridgehead atoms. The number of aromatic nitrogens is 4. The van der Waals surface area contributed by atoms with Gasteiger partial charge in [-0.25, -0.2) is 14.5 Å². The highest BCUT2D eigenvalue weighted by molar-refractivity contribution is 6.01. The third kappa shape index (κ3) is 1.92. The highest BCUT2D eigenvalue weighted by Gasteiger charge is 2.31. The van der Waals surface area contributed by atoms with Crippen molar-refractivity contribution in [1.29, 1.82) is 0 Å². The molecule has 5 aromatic rings.